The highest BCUT2D eigenvalue weighted by Crippen LogP contribution is 2.16. The number of hydrogen-bond acceptors (Lipinski definition) is 3. The van der Waals surface area contributed by atoms with E-state index < -0.39 is 0 Å². The Morgan fingerprint density at radius 2 is 2.19 bits per heavy atom. The average Bonchev–Trinajstić information content (AvgIpc) is 2.64. The van der Waals surface area contributed by atoms with Gasteiger partial charge in [0.2, 0.25) is 5.76 Å². The van der Waals surface area contributed by atoms with E-state index >= 15 is 0 Å². The molecule has 0 unspecified atom stereocenters. The third-order valence-electron chi connectivity index (χ3n) is 1.84. The summed E-state index contributed by atoms with van der Waals surface area (Å²) in [7, 11) is 0. The molecule has 0 spiro atoms. The van der Waals surface area contributed by atoms with Gasteiger partial charge in [-0.25, -0.2) is 0 Å². The first-order valence-corrected chi connectivity index (χ1v) is 5.77. The van der Waals surface area contributed by atoms with Crippen LogP contribution in [0.25, 0.3) is 0 Å². The summed E-state index contributed by atoms with van der Waals surface area (Å²) >= 11 is 3.23. The number of amides is 1. The maximum absolute atomic E-state index is 11.5. The minimum atomic E-state index is -0.190. The number of hydrogen-bond donors (Lipinski definition) is 2. The number of rotatable bonds is 6. The van der Waals surface area contributed by atoms with Crippen LogP contribution < -0.4 is 10.6 Å². The SMILES string of the molecule is CCCNCCNC(=O)c1occc1Br.Cl. The van der Waals surface area contributed by atoms with Crippen molar-refractivity contribution in [2.75, 3.05) is 19.6 Å². The fraction of sp³-hybridized carbons (Fsp3) is 0.500. The van der Waals surface area contributed by atoms with Crippen molar-refractivity contribution in [1.29, 1.82) is 0 Å². The molecule has 4 nitrogen and oxygen atoms in total. The molecule has 0 saturated carbocycles. The Bertz CT molecular complexity index is 318. The highest BCUT2D eigenvalue weighted by molar-refractivity contribution is 9.10. The smallest absolute Gasteiger partial charge is 0.288 e. The van der Waals surface area contributed by atoms with Crippen LogP contribution in [0.3, 0.4) is 0 Å². The van der Waals surface area contributed by atoms with E-state index in [4.69, 9.17) is 4.42 Å². The molecule has 6 heteroatoms. The average molecular weight is 312 g/mol. The Labute approximate surface area is 110 Å². The van der Waals surface area contributed by atoms with Gasteiger partial charge in [-0.2, -0.15) is 0 Å². The van der Waals surface area contributed by atoms with Crippen molar-refractivity contribution in [3.63, 3.8) is 0 Å². The first-order valence-electron chi connectivity index (χ1n) is 4.97. The molecule has 1 heterocycles. The zero-order valence-electron chi connectivity index (χ0n) is 9.09. The van der Waals surface area contributed by atoms with Gasteiger partial charge < -0.3 is 15.1 Å². The first kappa shape index (κ1) is 15.5. The molecule has 1 aromatic rings. The van der Waals surface area contributed by atoms with Gasteiger partial charge in [0.25, 0.3) is 5.91 Å². The summed E-state index contributed by atoms with van der Waals surface area (Å²) in [6, 6.07) is 1.70. The fourth-order valence-electron chi connectivity index (χ4n) is 1.10. The summed E-state index contributed by atoms with van der Waals surface area (Å²) in [5.41, 5.74) is 0. The Morgan fingerprint density at radius 1 is 1.44 bits per heavy atom. The predicted octanol–water partition coefficient (Wildman–Crippen LogP) is 2.19. The van der Waals surface area contributed by atoms with Crippen molar-refractivity contribution < 1.29 is 9.21 Å². The van der Waals surface area contributed by atoms with Gasteiger partial charge >= 0.3 is 0 Å². The topological polar surface area (TPSA) is 54.3 Å². The summed E-state index contributed by atoms with van der Waals surface area (Å²) < 4.78 is 5.71. The molecule has 0 saturated heterocycles. The third-order valence-corrected chi connectivity index (χ3v) is 2.46. The Balaban J connectivity index is 0.00000225. The summed E-state index contributed by atoms with van der Waals surface area (Å²) in [6.45, 7) is 4.45. The molecule has 0 aliphatic rings. The van der Waals surface area contributed by atoms with Crippen LogP contribution in [-0.2, 0) is 0 Å². The van der Waals surface area contributed by atoms with Crippen LogP contribution in [-0.4, -0.2) is 25.5 Å². The van der Waals surface area contributed by atoms with Crippen molar-refractivity contribution in [3.8, 4) is 0 Å². The van der Waals surface area contributed by atoms with E-state index in [0.717, 1.165) is 19.5 Å². The second-order valence-electron chi connectivity index (χ2n) is 3.10. The molecule has 0 aromatic carbocycles. The number of carbonyl (C=O) groups excluding carboxylic acids is 1. The van der Waals surface area contributed by atoms with Gasteiger partial charge in [0.05, 0.1) is 10.7 Å². The van der Waals surface area contributed by atoms with Gasteiger partial charge in [-0.15, -0.1) is 12.4 Å². The van der Waals surface area contributed by atoms with Crippen LogP contribution >= 0.6 is 28.3 Å². The van der Waals surface area contributed by atoms with Crippen molar-refractivity contribution in [2.45, 2.75) is 13.3 Å². The summed E-state index contributed by atoms with van der Waals surface area (Å²) in [4.78, 5) is 11.5. The minimum Gasteiger partial charge on any atom is -0.458 e. The van der Waals surface area contributed by atoms with Crippen molar-refractivity contribution in [3.05, 3.63) is 22.6 Å². The zero-order chi connectivity index (χ0) is 11.1. The maximum Gasteiger partial charge on any atom is 0.288 e. The predicted molar refractivity (Wildman–Crippen MR) is 69.1 cm³/mol. The molecule has 0 radical (unpaired) electrons. The maximum atomic E-state index is 11.5. The molecule has 1 rings (SSSR count). The van der Waals surface area contributed by atoms with Gasteiger partial charge in [0.15, 0.2) is 0 Å². The van der Waals surface area contributed by atoms with Crippen LogP contribution in [0.2, 0.25) is 0 Å². The normalized spacial score (nSPS) is 9.62. The van der Waals surface area contributed by atoms with E-state index in [1.807, 2.05) is 0 Å². The standard InChI is InChI=1S/C10H15BrN2O2.ClH/c1-2-4-12-5-6-13-10(14)9-8(11)3-7-15-9;/h3,7,12H,2,4-6H2,1H3,(H,13,14);1H. The molecule has 2 N–H and O–H groups in total. The molecule has 0 aliphatic heterocycles. The molecule has 92 valence electrons. The first-order chi connectivity index (χ1) is 7.25. The fourth-order valence-corrected chi connectivity index (χ4v) is 1.48. The number of halogens is 2. The summed E-state index contributed by atoms with van der Waals surface area (Å²) in [5, 5.41) is 5.95. The molecule has 1 aromatic heterocycles. The largest absolute Gasteiger partial charge is 0.458 e. The number of furan rings is 1. The van der Waals surface area contributed by atoms with Gasteiger partial charge in [0.1, 0.15) is 0 Å². The van der Waals surface area contributed by atoms with Gasteiger partial charge in [-0.05, 0) is 35.0 Å². The lowest BCUT2D eigenvalue weighted by molar-refractivity contribution is 0.0925. The third kappa shape index (κ3) is 5.01. The highest BCUT2D eigenvalue weighted by atomic mass is 79.9. The van der Waals surface area contributed by atoms with Crippen LogP contribution in [0.1, 0.15) is 23.9 Å². The van der Waals surface area contributed by atoms with Crippen molar-refractivity contribution >= 4 is 34.2 Å². The Kier molecular flexibility index (Phi) is 8.33. The lowest BCUT2D eigenvalue weighted by atomic mass is 10.4. The van der Waals surface area contributed by atoms with Gasteiger partial charge in [-0.1, -0.05) is 6.92 Å². The van der Waals surface area contributed by atoms with E-state index in [0.29, 0.717) is 16.8 Å². The molecule has 0 aliphatic carbocycles. The summed E-state index contributed by atoms with van der Waals surface area (Å²) in [5.74, 6) is 0.135. The van der Waals surface area contributed by atoms with Crippen LogP contribution in [0, 0.1) is 0 Å². The second kappa shape index (κ2) is 8.61. The van der Waals surface area contributed by atoms with E-state index in [1.165, 1.54) is 6.26 Å². The van der Waals surface area contributed by atoms with Crippen molar-refractivity contribution in [1.82, 2.24) is 10.6 Å². The molecule has 0 atom stereocenters. The van der Waals surface area contributed by atoms with Gasteiger partial charge in [0, 0.05) is 13.1 Å². The zero-order valence-corrected chi connectivity index (χ0v) is 11.5. The molecular formula is C10H16BrClN2O2. The molecule has 0 fully saturated rings. The number of carbonyl (C=O) groups is 1. The molecule has 0 bridgehead atoms. The highest BCUT2D eigenvalue weighted by Gasteiger charge is 2.12. The van der Waals surface area contributed by atoms with E-state index in [-0.39, 0.29) is 18.3 Å². The van der Waals surface area contributed by atoms with Crippen LogP contribution in [0.5, 0.6) is 0 Å². The molecule has 1 amide bonds. The second-order valence-corrected chi connectivity index (χ2v) is 3.96. The monoisotopic (exact) mass is 310 g/mol. The Morgan fingerprint density at radius 3 is 2.75 bits per heavy atom. The van der Waals surface area contributed by atoms with E-state index in [2.05, 4.69) is 33.5 Å². The van der Waals surface area contributed by atoms with Crippen LogP contribution in [0.4, 0.5) is 0 Å². The molecular weight excluding hydrogens is 295 g/mol. The minimum absolute atomic E-state index is 0. The summed E-state index contributed by atoms with van der Waals surface area (Å²) in [6.07, 6.45) is 2.58. The quantitative estimate of drug-likeness (QED) is 0.792. The van der Waals surface area contributed by atoms with Crippen molar-refractivity contribution in [2.24, 2.45) is 0 Å². The lowest BCUT2D eigenvalue weighted by Gasteiger charge is -2.04. The number of nitrogens with one attached hydrogen (secondary N) is 2. The van der Waals surface area contributed by atoms with Gasteiger partial charge in [-0.3, -0.25) is 4.79 Å². The van der Waals surface area contributed by atoms with E-state index in [1.54, 1.807) is 6.07 Å². The lowest BCUT2D eigenvalue weighted by Crippen LogP contribution is -2.32. The molecule has 16 heavy (non-hydrogen) atoms. The van der Waals surface area contributed by atoms with E-state index in [9.17, 15) is 4.79 Å². The van der Waals surface area contributed by atoms with Crippen LogP contribution in [0.15, 0.2) is 21.2 Å². The Hall–Kier alpha value is -0.520.